The first-order valence-corrected chi connectivity index (χ1v) is 10.9. The van der Waals surface area contributed by atoms with E-state index < -0.39 is 35.5 Å². The van der Waals surface area contributed by atoms with Crippen LogP contribution in [0.15, 0.2) is 29.7 Å². The van der Waals surface area contributed by atoms with E-state index in [1.54, 1.807) is 14.2 Å². The number of cyclic esters (lactones) is 1. The second kappa shape index (κ2) is 7.54. The van der Waals surface area contributed by atoms with E-state index in [1.807, 2.05) is 6.07 Å². The van der Waals surface area contributed by atoms with E-state index in [0.717, 1.165) is 19.4 Å². The molecule has 1 saturated carbocycles. The molecule has 2 N–H and O–H groups in total. The first-order valence-electron chi connectivity index (χ1n) is 10.9. The number of aliphatic hydroxyl groups excluding tert-OH is 2. The number of ether oxygens (including phenoxy) is 5. The van der Waals surface area contributed by atoms with Crippen molar-refractivity contribution in [2.75, 3.05) is 34.4 Å². The SMILES string of the molecule is COc1ccc([C@]23CCN(C)[C@H]2CC2(CC3)OC[C@@H](C3OC(=O)C(O)=C3O)O2)cc1OC. The van der Waals surface area contributed by atoms with Gasteiger partial charge in [-0.3, -0.25) is 0 Å². The average molecular weight is 447 g/mol. The minimum Gasteiger partial charge on any atom is -0.505 e. The number of esters is 1. The summed E-state index contributed by atoms with van der Waals surface area (Å²) in [5, 5.41) is 19.7. The fourth-order valence-corrected chi connectivity index (χ4v) is 5.88. The summed E-state index contributed by atoms with van der Waals surface area (Å²) in [5.74, 6) is -1.59. The number of hydrogen-bond acceptors (Lipinski definition) is 9. The van der Waals surface area contributed by atoms with Crippen LogP contribution in [0.5, 0.6) is 11.5 Å². The van der Waals surface area contributed by atoms with Crippen molar-refractivity contribution in [3.8, 4) is 11.5 Å². The Hall–Kier alpha value is -2.49. The predicted octanol–water partition coefficient (Wildman–Crippen LogP) is 2.19. The highest BCUT2D eigenvalue weighted by Gasteiger charge is 2.59. The van der Waals surface area contributed by atoms with Crippen LogP contribution in [0, 0.1) is 0 Å². The summed E-state index contributed by atoms with van der Waals surface area (Å²) in [6.45, 7) is 1.13. The van der Waals surface area contributed by atoms with Gasteiger partial charge < -0.3 is 38.8 Å². The van der Waals surface area contributed by atoms with E-state index in [-0.39, 0.29) is 18.1 Å². The molecular weight excluding hydrogens is 418 g/mol. The number of methoxy groups -OCH3 is 2. The molecule has 0 radical (unpaired) electrons. The Balaban J connectivity index is 1.39. The largest absolute Gasteiger partial charge is 0.505 e. The summed E-state index contributed by atoms with van der Waals surface area (Å²) in [6.07, 6.45) is 1.47. The lowest BCUT2D eigenvalue weighted by atomic mass is 9.64. The highest BCUT2D eigenvalue weighted by molar-refractivity contribution is 5.89. The highest BCUT2D eigenvalue weighted by Crippen LogP contribution is 2.54. The molecule has 5 atom stereocenters. The number of carbonyl (C=O) groups is 1. The molecule has 4 aliphatic rings. The van der Waals surface area contributed by atoms with Crippen LogP contribution in [0.3, 0.4) is 0 Å². The van der Waals surface area contributed by atoms with Crippen molar-refractivity contribution >= 4 is 5.97 Å². The molecule has 0 bridgehead atoms. The van der Waals surface area contributed by atoms with Gasteiger partial charge in [0.1, 0.15) is 6.10 Å². The number of nitrogens with zero attached hydrogens (tertiary/aromatic N) is 1. The lowest BCUT2D eigenvalue weighted by Crippen LogP contribution is -2.53. The van der Waals surface area contributed by atoms with E-state index >= 15 is 0 Å². The summed E-state index contributed by atoms with van der Waals surface area (Å²) >= 11 is 0. The molecule has 1 spiro atoms. The third-order valence-electron chi connectivity index (χ3n) is 7.65. The molecule has 3 aliphatic heterocycles. The van der Waals surface area contributed by atoms with Crippen molar-refractivity contribution in [2.45, 2.75) is 55.1 Å². The van der Waals surface area contributed by atoms with Gasteiger partial charge in [0.15, 0.2) is 29.1 Å². The fourth-order valence-electron chi connectivity index (χ4n) is 5.88. The number of aliphatic hydroxyl groups is 2. The van der Waals surface area contributed by atoms with Crippen molar-refractivity contribution in [1.82, 2.24) is 4.90 Å². The van der Waals surface area contributed by atoms with Crippen LogP contribution in [0.1, 0.15) is 31.2 Å². The van der Waals surface area contributed by atoms with Crippen LogP contribution >= 0.6 is 0 Å². The molecule has 1 aromatic carbocycles. The third-order valence-corrected chi connectivity index (χ3v) is 7.65. The maximum absolute atomic E-state index is 11.6. The quantitative estimate of drug-likeness (QED) is 0.672. The molecular formula is C23H29NO8. The zero-order valence-electron chi connectivity index (χ0n) is 18.5. The molecule has 2 unspecified atom stereocenters. The van der Waals surface area contributed by atoms with Gasteiger partial charge in [0.05, 0.1) is 20.8 Å². The lowest BCUT2D eigenvalue weighted by molar-refractivity contribution is -0.211. The zero-order chi connectivity index (χ0) is 22.7. The van der Waals surface area contributed by atoms with Crippen molar-refractivity contribution < 1.29 is 38.7 Å². The first-order chi connectivity index (χ1) is 15.3. The molecule has 5 rings (SSSR count). The second-order valence-electron chi connectivity index (χ2n) is 9.11. The monoisotopic (exact) mass is 447 g/mol. The van der Waals surface area contributed by atoms with Crippen LogP contribution < -0.4 is 9.47 Å². The molecule has 1 aromatic rings. The molecule has 0 aromatic heterocycles. The van der Waals surface area contributed by atoms with Crippen molar-refractivity contribution in [3.05, 3.63) is 35.3 Å². The summed E-state index contributed by atoms with van der Waals surface area (Å²) in [5.41, 5.74) is 1.15. The number of hydrogen-bond donors (Lipinski definition) is 2. The van der Waals surface area contributed by atoms with Gasteiger partial charge in [0.25, 0.3) is 0 Å². The van der Waals surface area contributed by atoms with Crippen LogP contribution in [0.25, 0.3) is 0 Å². The Morgan fingerprint density at radius 1 is 1.12 bits per heavy atom. The Labute approximate surface area is 186 Å². The van der Waals surface area contributed by atoms with E-state index in [4.69, 9.17) is 23.7 Å². The van der Waals surface area contributed by atoms with Crippen LogP contribution in [0.4, 0.5) is 0 Å². The molecule has 9 heteroatoms. The molecule has 0 amide bonds. The molecule has 3 fully saturated rings. The van der Waals surface area contributed by atoms with Crippen LogP contribution in [-0.4, -0.2) is 79.5 Å². The average Bonchev–Trinajstić information content (AvgIpc) is 3.45. The number of carbonyl (C=O) groups excluding carboxylic acids is 1. The van der Waals surface area contributed by atoms with Gasteiger partial charge in [0.2, 0.25) is 5.76 Å². The van der Waals surface area contributed by atoms with Gasteiger partial charge in [-0.2, -0.15) is 0 Å². The van der Waals surface area contributed by atoms with Crippen molar-refractivity contribution in [3.63, 3.8) is 0 Å². The van der Waals surface area contributed by atoms with E-state index in [2.05, 4.69) is 24.1 Å². The summed E-state index contributed by atoms with van der Waals surface area (Å²) in [7, 11) is 5.39. The van der Waals surface area contributed by atoms with Gasteiger partial charge in [-0.05, 0) is 44.1 Å². The zero-order valence-corrected chi connectivity index (χ0v) is 18.5. The van der Waals surface area contributed by atoms with Gasteiger partial charge in [-0.15, -0.1) is 0 Å². The van der Waals surface area contributed by atoms with E-state index in [0.29, 0.717) is 24.3 Å². The van der Waals surface area contributed by atoms with E-state index in [1.165, 1.54) is 5.56 Å². The van der Waals surface area contributed by atoms with Gasteiger partial charge >= 0.3 is 5.97 Å². The van der Waals surface area contributed by atoms with Crippen LogP contribution in [0.2, 0.25) is 0 Å². The Morgan fingerprint density at radius 2 is 1.91 bits per heavy atom. The van der Waals surface area contributed by atoms with Gasteiger partial charge in [-0.25, -0.2) is 4.79 Å². The Morgan fingerprint density at radius 3 is 2.59 bits per heavy atom. The molecule has 32 heavy (non-hydrogen) atoms. The maximum Gasteiger partial charge on any atom is 0.377 e. The Bertz CT molecular complexity index is 963. The summed E-state index contributed by atoms with van der Waals surface area (Å²) in [4.78, 5) is 13.9. The van der Waals surface area contributed by atoms with Gasteiger partial charge in [0, 0.05) is 24.3 Å². The molecule has 3 heterocycles. The first kappa shape index (κ1) is 21.4. The number of likely N-dealkylation sites (tertiary alicyclic amines) is 1. The number of rotatable bonds is 4. The minimum atomic E-state index is -1.04. The third kappa shape index (κ3) is 3.06. The second-order valence-corrected chi connectivity index (χ2v) is 9.11. The molecule has 9 nitrogen and oxygen atoms in total. The molecule has 174 valence electrons. The minimum absolute atomic E-state index is 0.0650. The molecule has 1 aliphatic carbocycles. The molecule has 2 saturated heterocycles. The fraction of sp³-hybridized carbons (Fsp3) is 0.609. The van der Waals surface area contributed by atoms with Crippen LogP contribution in [-0.2, 0) is 24.4 Å². The van der Waals surface area contributed by atoms with Crippen molar-refractivity contribution in [2.24, 2.45) is 0 Å². The normalized spacial score (nSPS) is 37.1. The Kier molecular flexibility index (Phi) is 5.03. The maximum atomic E-state index is 11.6. The number of benzene rings is 1. The standard InChI is InChI=1S/C23H29NO8/c1-24-9-8-22(13-4-5-14(28-2)15(10-13)29-3)6-7-23(11-17(22)24)30-12-16(32-23)20-18(25)19(26)21(27)31-20/h4-5,10,16-17,20,25-26H,6-9,11-12H2,1-3H3/t16-,17-,20?,22-,23?/m0/s1. The van der Waals surface area contributed by atoms with Gasteiger partial charge in [-0.1, -0.05) is 6.07 Å². The summed E-state index contributed by atoms with van der Waals surface area (Å²) < 4.78 is 28.5. The lowest BCUT2D eigenvalue weighted by Gasteiger charge is -2.48. The van der Waals surface area contributed by atoms with E-state index in [9.17, 15) is 15.0 Å². The number of fused-ring (bicyclic) bond motifs is 1. The topological polar surface area (TPSA) is 107 Å². The number of likely N-dealkylation sites (N-methyl/N-ethyl adjacent to an activating group) is 1. The smallest absolute Gasteiger partial charge is 0.377 e. The summed E-state index contributed by atoms with van der Waals surface area (Å²) in [6, 6.07) is 6.33. The van der Waals surface area contributed by atoms with Crippen molar-refractivity contribution in [1.29, 1.82) is 0 Å². The highest BCUT2D eigenvalue weighted by atomic mass is 16.8. The predicted molar refractivity (Wildman–Crippen MR) is 112 cm³/mol.